The lowest BCUT2D eigenvalue weighted by Crippen LogP contribution is -2.30. The number of nitrogens with one attached hydrogen (secondary N) is 2. The molecule has 0 aliphatic rings. The van der Waals surface area contributed by atoms with Crippen molar-refractivity contribution in [1.82, 2.24) is 9.78 Å². The summed E-state index contributed by atoms with van der Waals surface area (Å²) in [6, 6.07) is 9.13. The number of H-pyrrole nitrogens is 1. The third-order valence-electron chi connectivity index (χ3n) is 2.14. The van der Waals surface area contributed by atoms with E-state index in [1.807, 2.05) is 30.3 Å². The molecule has 0 unspecified atom stereocenters. The van der Waals surface area contributed by atoms with Gasteiger partial charge in [-0.1, -0.05) is 41.9 Å². The van der Waals surface area contributed by atoms with Gasteiger partial charge in [0.15, 0.2) is 0 Å². The molecule has 0 fully saturated rings. The first-order valence-corrected chi connectivity index (χ1v) is 4.89. The van der Waals surface area contributed by atoms with E-state index in [9.17, 15) is 4.79 Å². The number of benzene rings is 1. The molecule has 1 aromatic carbocycles. The number of nitrogens with two attached hydrogens (primary N) is 1. The predicted molar refractivity (Wildman–Crippen MR) is 62.8 cm³/mol. The van der Waals surface area contributed by atoms with Crippen LogP contribution < -0.4 is 11.3 Å². The van der Waals surface area contributed by atoms with E-state index in [-0.39, 0.29) is 5.02 Å². The number of nitrogen functional groups attached to an aromatic ring is 1. The van der Waals surface area contributed by atoms with Gasteiger partial charge in [-0.15, -0.1) is 0 Å². The van der Waals surface area contributed by atoms with Gasteiger partial charge in [0.2, 0.25) is 5.96 Å². The Kier molecular flexibility index (Phi) is 2.54. The Balaban J connectivity index is 2.64. The van der Waals surface area contributed by atoms with Crippen LogP contribution >= 0.6 is 11.6 Å². The van der Waals surface area contributed by atoms with Crippen LogP contribution in [0.5, 0.6) is 0 Å². The number of nitrogens with zero attached hydrogens (tertiary/aromatic N) is 1. The molecule has 0 aliphatic heterocycles. The fourth-order valence-corrected chi connectivity index (χ4v) is 1.62. The molecule has 5 nitrogen and oxygen atoms in total. The molecule has 4 N–H and O–H groups in total. The van der Waals surface area contributed by atoms with Crippen LogP contribution in [0.2, 0.25) is 5.02 Å². The smallest absolute Gasteiger partial charge is 0.293 e. The lowest BCUT2D eigenvalue weighted by Gasteiger charge is -1.98. The molecule has 0 aliphatic carbocycles. The van der Waals surface area contributed by atoms with Crippen molar-refractivity contribution in [2.45, 2.75) is 0 Å². The van der Waals surface area contributed by atoms with Crippen LogP contribution in [0.1, 0.15) is 0 Å². The summed E-state index contributed by atoms with van der Waals surface area (Å²) in [5.74, 6) is -0.394. The Morgan fingerprint density at radius 2 is 2.00 bits per heavy atom. The minimum atomic E-state index is -0.520. The number of hydrogen-bond donors (Lipinski definition) is 3. The summed E-state index contributed by atoms with van der Waals surface area (Å²) in [6.45, 7) is 0. The Hall–Kier alpha value is -2.01. The highest BCUT2D eigenvalue weighted by Crippen LogP contribution is 2.22. The molecule has 6 heteroatoms. The largest absolute Gasteiger partial charge is 0.368 e. The lowest BCUT2D eigenvalue weighted by molar-refractivity contribution is 0.884. The van der Waals surface area contributed by atoms with Gasteiger partial charge < -0.3 is 5.73 Å². The van der Waals surface area contributed by atoms with E-state index >= 15 is 0 Å². The van der Waals surface area contributed by atoms with Crippen LogP contribution in [0.15, 0.2) is 35.1 Å². The normalized spacial score (nSPS) is 10.3. The first-order chi connectivity index (χ1) is 7.61. The van der Waals surface area contributed by atoms with Crippen LogP contribution in [0.25, 0.3) is 11.3 Å². The van der Waals surface area contributed by atoms with Gasteiger partial charge in [-0.25, -0.2) is 0 Å². The summed E-state index contributed by atoms with van der Waals surface area (Å²) in [7, 11) is 0. The topological polar surface area (TPSA) is 87.7 Å². The molecule has 82 valence electrons. The SMILES string of the molecule is N=C(N)n1[nH]c(-c2ccccc2)c(Cl)c1=O. The summed E-state index contributed by atoms with van der Waals surface area (Å²) < 4.78 is 0.894. The Morgan fingerprint density at radius 3 is 2.50 bits per heavy atom. The third-order valence-corrected chi connectivity index (χ3v) is 2.49. The highest BCUT2D eigenvalue weighted by atomic mass is 35.5. The Morgan fingerprint density at radius 1 is 1.38 bits per heavy atom. The fourth-order valence-electron chi connectivity index (χ4n) is 1.38. The molecule has 0 radical (unpaired) electrons. The average Bonchev–Trinajstić information content (AvgIpc) is 2.58. The molecule has 2 rings (SSSR count). The summed E-state index contributed by atoms with van der Waals surface area (Å²) in [4.78, 5) is 11.6. The van der Waals surface area contributed by atoms with E-state index in [0.29, 0.717) is 5.69 Å². The van der Waals surface area contributed by atoms with Gasteiger partial charge in [-0.3, -0.25) is 15.3 Å². The Labute approximate surface area is 96.0 Å². The number of hydrogen-bond acceptors (Lipinski definition) is 2. The lowest BCUT2D eigenvalue weighted by atomic mass is 10.2. The van der Waals surface area contributed by atoms with Gasteiger partial charge in [-0.05, 0) is 0 Å². The summed E-state index contributed by atoms with van der Waals surface area (Å²) in [5.41, 5.74) is 5.94. The maximum Gasteiger partial charge on any atom is 0.293 e. The van der Waals surface area contributed by atoms with Gasteiger partial charge in [0, 0.05) is 5.56 Å². The molecule has 0 saturated carbocycles. The first kappa shape index (κ1) is 10.5. The summed E-state index contributed by atoms with van der Waals surface area (Å²) >= 11 is 5.88. The molecular formula is C10H9ClN4O. The molecule has 0 spiro atoms. The molecule has 1 aromatic heterocycles. The number of halogens is 1. The van der Waals surface area contributed by atoms with Crippen LogP contribution in [0.4, 0.5) is 0 Å². The van der Waals surface area contributed by atoms with Crippen LogP contribution in [-0.2, 0) is 0 Å². The van der Waals surface area contributed by atoms with Crippen molar-refractivity contribution >= 4 is 17.6 Å². The zero-order valence-electron chi connectivity index (χ0n) is 8.20. The second-order valence-electron chi connectivity index (χ2n) is 3.19. The third kappa shape index (κ3) is 1.61. The number of aromatic nitrogens is 2. The van der Waals surface area contributed by atoms with E-state index < -0.39 is 11.5 Å². The minimum Gasteiger partial charge on any atom is -0.368 e. The fraction of sp³-hybridized carbons (Fsp3) is 0. The highest BCUT2D eigenvalue weighted by Gasteiger charge is 2.14. The van der Waals surface area contributed by atoms with Crippen molar-refractivity contribution < 1.29 is 0 Å². The van der Waals surface area contributed by atoms with Crippen LogP contribution in [0, 0.1) is 5.41 Å². The zero-order valence-corrected chi connectivity index (χ0v) is 8.95. The first-order valence-electron chi connectivity index (χ1n) is 4.51. The molecule has 0 saturated heterocycles. The Bertz CT molecular complexity index is 585. The number of aromatic amines is 1. The molecule has 16 heavy (non-hydrogen) atoms. The van der Waals surface area contributed by atoms with Gasteiger partial charge in [-0.2, -0.15) is 4.68 Å². The van der Waals surface area contributed by atoms with Gasteiger partial charge in [0.1, 0.15) is 5.02 Å². The number of rotatable bonds is 1. The minimum absolute atomic E-state index is 0.0291. The molecule has 0 amide bonds. The van der Waals surface area contributed by atoms with E-state index in [1.54, 1.807) is 0 Å². The van der Waals surface area contributed by atoms with Gasteiger partial charge in [0.25, 0.3) is 5.56 Å². The zero-order chi connectivity index (χ0) is 11.7. The van der Waals surface area contributed by atoms with Crippen molar-refractivity contribution in [2.24, 2.45) is 5.73 Å². The second-order valence-corrected chi connectivity index (χ2v) is 3.57. The van der Waals surface area contributed by atoms with E-state index in [1.165, 1.54) is 0 Å². The van der Waals surface area contributed by atoms with Gasteiger partial charge >= 0.3 is 0 Å². The van der Waals surface area contributed by atoms with Crippen molar-refractivity contribution in [1.29, 1.82) is 5.41 Å². The molecular weight excluding hydrogens is 228 g/mol. The van der Waals surface area contributed by atoms with E-state index in [2.05, 4.69) is 5.10 Å². The standard InChI is InChI=1S/C10H9ClN4O/c11-7-8(6-4-2-1-3-5-6)14-15(9(7)16)10(12)13/h1-5,14H,(H3,12,13). The highest BCUT2D eigenvalue weighted by molar-refractivity contribution is 6.33. The molecule has 2 aromatic rings. The quantitative estimate of drug-likeness (QED) is 0.514. The van der Waals surface area contributed by atoms with Crippen molar-refractivity contribution in [2.75, 3.05) is 0 Å². The molecule has 0 atom stereocenters. The van der Waals surface area contributed by atoms with Crippen LogP contribution in [0.3, 0.4) is 0 Å². The van der Waals surface area contributed by atoms with Gasteiger partial charge in [0.05, 0.1) is 5.69 Å². The monoisotopic (exact) mass is 236 g/mol. The average molecular weight is 237 g/mol. The maximum atomic E-state index is 11.6. The summed E-state index contributed by atoms with van der Waals surface area (Å²) in [5, 5.41) is 9.92. The van der Waals surface area contributed by atoms with Crippen molar-refractivity contribution in [3.05, 3.63) is 45.7 Å². The van der Waals surface area contributed by atoms with Crippen molar-refractivity contribution in [3.63, 3.8) is 0 Å². The predicted octanol–water partition coefficient (Wildman–Crippen LogP) is 1.24. The van der Waals surface area contributed by atoms with Crippen molar-refractivity contribution in [3.8, 4) is 11.3 Å². The second kappa shape index (κ2) is 3.86. The molecule has 0 bridgehead atoms. The maximum absolute atomic E-state index is 11.6. The van der Waals surface area contributed by atoms with Crippen LogP contribution in [-0.4, -0.2) is 15.7 Å². The van der Waals surface area contributed by atoms with E-state index in [4.69, 9.17) is 22.7 Å². The molecule has 1 heterocycles. The summed E-state index contributed by atoms with van der Waals surface area (Å²) in [6.07, 6.45) is 0. The van der Waals surface area contributed by atoms with E-state index in [0.717, 1.165) is 10.2 Å².